The molecule has 1 N–H and O–H groups in total. The van der Waals surface area contributed by atoms with Gasteiger partial charge in [-0.3, -0.25) is 10.2 Å². The molecule has 3 rings (SSSR count). The number of amides is 1. The first kappa shape index (κ1) is 16.0. The van der Waals surface area contributed by atoms with Gasteiger partial charge in [0, 0.05) is 10.0 Å². The molecule has 0 saturated heterocycles. The van der Waals surface area contributed by atoms with E-state index in [0.29, 0.717) is 16.5 Å². The molecule has 0 radical (unpaired) electrons. The van der Waals surface area contributed by atoms with Crippen molar-refractivity contribution < 1.29 is 4.79 Å². The largest absolute Gasteiger partial charge is 0.270 e. The maximum atomic E-state index is 12.7. The van der Waals surface area contributed by atoms with Gasteiger partial charge in [-0.15, -0.1) is 10.2 Å². The van der Waals surface area contributed by atoms with Crippen molar-refractivity contribution in [1.82, 2.24) is 14.9 Å². The molecule has 0 spiro atoms. The Morgan fingerprint density at radius 3 is 2.74 bits per heavy atom. The smallest absolute Gasteiger partial charge is 0.267 e. The second kappa shape index (κ2) is 6.72. The summed E-state index contributed by atoms with van der Waals surface area (Å²) in [5, 5.41) is 10.7. The zero-order valence-electron chi connectivity index (χ0n) is 12.7. The van der Waals surface area contributed by atoms with E-state index in [0.717, 1.165) is 21.0 Å². The fourth-order valence-electron chi connectivity index (χ4n) is 2.33. The lowest BCUT2D eigenvalue weighted by atomic mass is 10.0. The van der Waals surface area contributed by atoms with Crippen LogP contribution in [0.25, 0.3) is 10.8 Å². The highest BCUT2D eigenvalue weighted by Crippen LogP contribution is 2.26. The highest BCUT2D eigenvalue weighted by molar-refractivity contribution is 9.10. The van der Waals surface area contributed by atoms with Gasteiger partial charge in [-0.25, -0.2) is 4.68 Å². The molecular weight excluding hydrogens is 376 g/mol. The molecule has 7 heteroatoms. The van der Waals surface area contributed by atoms with Crippen molar-refractivity contribution in [3.8, 4) is 0 Å². The van der Waals surface area contributed by atoms with E-state index < -0.39 is 0 Å². The molecule has 0 fully saturated rings. The molecule has 1 amide bonds. The molecule has 0 unspecified atom stereocenters. The summed E-state index contributed by atoms with van der Waals surface area (Å²) in [6.45, 7) is 3.84. The molecule has 1 aromatic heterocycles. The maximum Gasteiger partial charge on any atom is 0.270 e. The molecule has 0 aliphatic carbocycles. The summed E-state index contributed by atoms with van der Waals surface area (Å²) in [4.78, 5) is 12.7. The number of carbonyl (C=O) groups excluding carboxylic acids is 1. The third kappa shape index (κ3) is 3.11. The molecule has 1 heterocycles. The lowest BCUT2D eigenvalue weighted by Crippen LogP contribution is -2.25. The number of hydrogen-bond donors (Lipinski definition) is 1. The number of carbonyl (C=O) groups is 1. The van der Waals surface area contributed by atoms with Gasteiger partial charge in [-0.1, -0.05) is 58.9 Å². The van der Waals surface area contributed by atoms with E-state index in [1.807, 2.05) is 50.2 Å². The Bertz CT molecular complexity index is 878. The van der Waals surface area contributed by atoms with Crippen LogP contribution >= 0.6 is 27.7 Å². The van der Waals surface area contributed by atoms with E-state index in [9.17, 15) is 4.79 Å². The Morgan fingerprint density at radius 2 is 1.96 bits per heavy atom. The van der Waals surface area contributed by atoms with Crippen LogP contribution in [0.4, 0.5) is 0 Å². The molecular formula is C16H15BrN4OS. The number of aryl methyl sites for hydroxylation is 1. The number of nitrogens with one attached hydrogen (secondary N) is 1. The van der Waals surface area contributed by atoms with Gasteiger partial charge in [0.2, 0.25) is 5.16 Å². The highest BCUT2D eigenvalue weighted by Gasteiger charge is 2.15. The average Bonchev–Trinajstić information content (AvgIpc) is 2.88. The number of halogens is 1. The van der Waals surface area contributed by atoms with Crippen molar-refractivity contribution in [2.24, 2.45) is 0 Å². The number of rotatable bonds is 4. The SMILES string of the molecule is CCSc1nnc(C)n1NC(=O)c1cccc2c(Br)cccc12. The Morgan fingerprint density at radius 1 is 1.22 bits per heavy atom. The van der Waals surface area contributed by atoms with Crippen LogP contribution in [0, 0.1) is 6.92 Å². The third-order valence-electron chi connectivity index (χ3n) is 3.40. The van der Waals surface area contributed by atoms with Gasteiger partial charge in [0.1, 0.15) is 5.82 Å². The standard InChI is InChI=1S/C16H15BrN4OS/c1-3-23-16-19-18-10(2)21(16)20-15(22)13-8-4-7-12-11(13)6-5-9-14(12)17/h4-9H,3H2,1-2H3,(H,20,22). The van der Waals surface area contributed by atoms with Crippen molar-refractivity contribution in [2.75, 3.05) is 11.2 Å². The normalized spacial score (nSPS) is 10.9. The van der Waals surface area contributed by atoms with Crippen LogP contribution in [0.2, 0.25) is 0 Å². The van der Waals surface area contributed by atoms with E-state index in [4.69, 9.17) is 0 Å². The Kier molecular flexibility index (Phi) is 4.68. The molecule has 3 aromatic rings. The first-order chi connectivity index (χ1) is 11.1. The molecule has 118 valence electrons. The molecule has 0 aliphatic heterocycles. The Balaban J connectivity index is 1.99. The van der Waals surface area contributed by atoms with Crippen LogP contribution < -0.4 is 5.43 Å². The van der Waals surface area contributed by atoms with Gasteiger partial charge in [0.25, 0.3) is 5.91 Å². The number of hydrogen-bond acceptors (Lipinski definition) is 4. The van der Waals surface area contributed by atoms with Crippen molar-refractivity contribution in [3.05, 3.63) is 52.3 Å². The van der Waals surface area contributed by atoms with Crippen LogP contribution in [0.3, 0.4) is 0 Å². The second-order valence-corrected chi connectivity index (χ2v) is 6.97. The van der Waals surface area contributed by atoms with Gasteiger partial charge in [-0.05, 0) is 35.6 Å². The quantitative estimate of drug-likeness (QED) is 0.683. The van der Waals surface area contributed by atoms with Gasteiger partial charge >= 0.3 is 0 Å². The number of aromatic nitrogens is 3. The predicted octanol–water partition coefficient (Wildman–Crippen LogP) is 4.00. The van der Waals surface area contributed by atoms with E-state index in [-0.39, 0.29) is 5.91 Å². The lowest BCUT2D eigenvalue weighted by Gasteiger charge is -2.11. The monoisotopic (exact) mass is 390 g/mol. The van der Waals surface area contributed by atoms with Crippen molar-refractivity contribution in [1.29, 1.82) is 0 Å². The average molecular weight is 391 g/mol. The summed E-state index contributed by atoms with van der Waals surface area (Å²) in [5.41, 5.74) is 3.50. The molecule has 0 aliphatic rings. The fraction of sp³-hybridized carbons (Fsp3) is 0.188. The number of thioether (sulfide) groups is 1. The first-order valence-corrected chi connectivity index (χ1v) is 8.93. The van der Waals surface area contributed by atoms with Gasteiger partial charge in [-0.2, -0.15) is 0 Å². The summed E-state index contributed by atoms with van der Waals surface area (Å²) in [6.07, 6.45) is 0. The van der Waals surface area contributed by atoms with E-state index >= 15 is 0 Å². The molecule has 0 bridgehead atoms. The zero-order chi connectivity index (χ0) is 16.4. The lowest BCUT2D eigenvalue weighted by molar-refractivity contribution is 0.101. The minimum absolute atomic E-state index is 0.186. The molecule has 2 aromatic carbocycles. The summed E-state index contributed by atoms with van der Waals surface area (Å²) in [7, 11) is 0. The number of nitrogens with zero attached hydrogens (tertiary/aromatic N) is 3. The second-order valence-electron chi connectivity index (χ2n) is 4.88. The third-order valence-corrected chi connectivity index (χ3v) is 4.90. The van der Waals surface area contributed by atoms with E-state index in [2.05, 4.69) is 31.6 Å². The summed E-state index contributed by atoms with van der Waals surface area (Å²) in [6, 6.07) is 11.5. The molecule has 0 saturated carbocycles. The van der Waals surface area contributed by atoms with E-state index in [1.54, 1.807) is 4.68 Å². The fourth-order valence-corrected chi connectivity index (χ4v) is 3.49. The summed E-state index contributed by atoms with van der Waals surface area (Å²) in [5.74, 6) is 1.32. The molecule has 5 nitrogen and oxygen atoms in total. The minimum atomic E-state index is -0.186. The number of fused-ring (bicyclic) bond motifs is 1. The summed E-state index contributed by atoms with van der Waals surface area (Å²) < 4.78 is 2.60. The molecule has 23 heavy (non-hydrogen) atoms. The number of benzene rings is 2. The van der Waals surface area contributed by atoms with Crippen LogP contribution in [0.5, 0.6) is 0 Å². The van der Waals surface area contributed by atoms with Crippen LogP contribution in [-0.2, 0) is 0 Å². The Hall–Kier alpha value is -1.86. The van der Waals surface area contributed by atoms with Crippen molar-refractivity contribution in [3.63, 3.8) is 0 Å². The first-order valence-electron chi connectivity index (χ1n) is 7.15. The maximum absolute atomic E-state index is 12.7. The van der Waals surface area contributed by atoms with E-state index in [1.165, 1.54) is 11.8 Å². The summed E-state index contributed by atoms with van der Waals surface area (Å²) >= 11 is 5.06. The van der Waals surface area contributed by atoms with Gasteiger partial charge < -0.3 is 0 Å². The topological polar surface area (TPSA) is 59.8 Å². The minimum Gasteiger partial charge on any atom is -0.267 e. The van der Waals surface area contributed by atoms with Crippen LogP contribution in [-0.4, -0.2) is 26.5 Å². The van der Waals surface area contributed by atoms with Gasteiger partial charge in [0.15, 0.2) is 0 Å². The molecule has 0 atom stereocenters. The van der Waals surface area contributed by atoms with Crippen LogP contribution in [0.1, 0.15) is 23.1 Å². The van der Waals surface area contributed by atoms with Crippen molar-refractivity contribution in [2.45, 2.75) is 19.0 Å². The zero-order valence-corrected chi connectivity index (χ0v) is 15.1. The Labute approximate surface area is 146 Å². The predicted molar refractivity (Wildman–Crippen MR) is 96.5 cm³/mol. The highest BCUT2D eigenvalue weighted by atomic mass is 79.9. The van der Waals surface area contributed by atoms with Gasteiger partial charge in [0.05, 0.1) is 0 Å². The van der Waals surface area contributed by atoms with Crippen molar-refractivity contribution >= 4 is 44.4 Å². The van der Waals surface area contributed by atoms with Crippen LogP contribution in [0.15, 0.2) is 46.0 Å².